The largest absolute Gasteiger partial charge is 0.481 e. The predicted octanol–water partition coefficient (Wildman–Crippen LogP) is 1.30. The Morgan fingerprint density at radius 2 is 1.73 bits per heavy atom. The molecule has 1 unspecified atom stereocenters. The Labute approximate surface area is 85.0 Å². The maximum absolute atomic E-state index is 12.9. The summed E-state index contributed by atoms with van der Waals surface area (Å²) in [5, 5.41) is 8.27. The molecule has 0 radical (unpaired) electrons. The van der Waals surface area contributed by atoms with Crippen LogP contribution in [0.2, 0.25) is 0 Å². The van der Waals surface area contributed by atoms with Crippen molar-refractivity contribution in [3.63, 3.8) is 0 Å². The molecule has 0 saturated carbocycles. The SMILES string of the molecule is O=C(O)CS(=O)c1c(F)cc(F)cc1F. The average molecular weight is 238 g/mol. The van der Waals surface area contributed by atoms with E-state index in [0.717, 1.165) is 0 Å². The van der Waals surface area contributed by atoms with E-state index < -0.39 is 44.9 Å². The van der Waals surface area contributed by atoms with Gasteiger partial charge in [-0.25, -0.2) is 13.2 Å². The van der Waals surface area contributed by atoms with Crippen molar-refractivity contribution in [2.75, 3.05) is 5.75 Å². The lowest BCUT2D eigenvalue weighted by molar-refractivity contribution is -0.133. The van der Waals surface area contributed by atoms with Crippen LogP contribution in [-0.2, 0) is 15.6 Å². The third-order valence-electron chi connectivity index (χ3n) is 1.45. The Balaban J connectivity index is 3.14. The zero-order chi connectivity index (χ0) is 11.6. The molecule has 1 aromatic rings. The fraction of sp³-hybridized carbons (Fsp3) is 0.125. The number of benzene rings is 1. The van der Waals surface area contributed by atoms with Crippen molar-refractivity contribution in [3.8, 4) is 0 Å². The molecule has 7 heteroatoms. The van der Waals surface area contributed by atoms with Gasteiger partial charge < -0.3 is 5.11 Å². The summed E-state index contributed by atoms with van der Waals surface area (Å²) in [5.74, 6) is -6.25. The van der Waals surface area contributed by atoms with Gasteiger partial charge in [0.2, 0.25) is 0 Å². The van der Waals surface area contributed by atoms with Crippen molar-refractivity contribution >= 4 is 16.8 Å². The van der Waals surface area contributed by atoms with Crippen LogP contribution in [0.1, 0.15) is 0 Å². The summed E-state index contributed by atoms with van der Waals surface area (Å²) < 4.78 is 49.5. The van der Waals surface area contributed by atoms with Crippen LogP contribution in [0.15, 0.2) is 17.0 Å². The summed E-state index contributed by atoms with van der Waals surface area (Å²) in [4.78, 5) is 9.24. The van der Waals surface area contributed by atoms with Gasteiger partial charge in [-0.2, -0.15) is 0 Å². The molecule has 0 aliphatic heterocycles. The first-order valence-electron chi connectivity index (χ1n) is 3.66. The number of halogens is 3. The highest BCUT2D eigenvalue weighted by molar-refractivity contribution is 7.85. The first kappa shape index (κ1) is 11.7. The first-order valence-corrected chi connectivity index (χ1v) is 4.98. The predicted molar refractivity (Wildman–Crippen MR) is 45.2 cm³/mol. The number of hydrogen-bond acceptors (Lipinski definition) is 2. The van der Waals surface area contributed by atoms with Crippen LogP contribution in [0.3, 0.4) is 0 Å². The molecule has 0 saturated heterocycles. The lowest BCUT2D eigenvalue weighted by atomic mass is 10.3. The molecule has 1 N–H and O–H groups in total. The number of rotatable bonds is 3. The zero-order valence-electron chi connectivity index (χ0n) is 7.17. The number of carbonyl (C=O) groups is 1. The molecule has 15 heavy (non-hydrogen) atoms. The van der Waals surface area contributed by atoms with Crippen molar-refractivity contribution in [2.45, 2.75) is 4.90 Å². The first-order chi connectivity index (χ1) is 6.91. The second-order valence-corrected chi connectivity index (χ2v) is 3.97. The molecule has 1 rings (SSSR count). The van der Waals surface area contributed by atoms with Crippen molar-refractivity contribution in [3.05, 3.63) is 29.6 Å². The van der Waals surface area contributed by atoms with Crippen LogP contribution < -0.4 is 0 Å². The van der Waals surface area contributed by atoms with Crippen molar-refractivity contribution in [1.82, 2.24) is 0 Å². The van der Waals surface area contributed by atoms with E-state index in [9.17, 15) is 22.2 Å². The minimum absolute atomic E-state index is 0.345. The molecule has 0 spiro atoms. The Hall–Kier alpha value is -1.37. The van der Waals surface area contributed by atoms with Crippen LogP contribution >= 0.6 is 0 Å². The molecule has 0 aliphatic carbocycles. The van der Waals surface area contributed by atoms with Gasteiger partial charge in [-0.1, -0.05) is 0 Å². The second kappa shape index (κ2) is 4.43. The van der Waals surface area contributed by atoms with Crippen LogP contribution in [0.4, 0.5) is 13.2 Å². The van der Waals surface area contributed by atoms with Crippen LogP contribution in [0, 0.1) is 17.5 Å². The zero-order valence-corrected chi connectivity index (χ0v) is 7.98. The number of hydrogen-bond donors (Lipinski definition) is 1. The van der Waals surface area contributed by atoms with E-state index in [-0.39, 0.29) is 0 Å². The summed E-state index contributed by atoms with van der Waals surface area (Å²) in [6.07, 6.45) is 0. The second-order valence-electron chi connectivity index (χ2n) is 2.58. The maximum Gasteiger partial charge on any atom is 0.316 e. The minimum atomic E-state index is -2.36. The standard InChI is InChI=1S/C8H5F3O3S/c9-4-1-5(10)8(6(11)2-4)15(14)3-7(12)13/h1-2H,3H2,(H,12,13). The molecule has 1 atom stereocenters. The van der Waals surface area contributed by atoms with Gasteiger partial charge in [-0.3, -0.25) is 9.00 Å². The monoisotopic (exact) mass is 238 g/mol. The van der Waals surface area contributed by atoms with Gasteiger partial charge in [-0.15, -0.1) is 0 Å². The fourth-order valence-corrected chi connectivity index (χ4v) is 1.85. The highest BCUT2D eigenvalue weighted by Crippen LogP contribution is 2.18. The summed E-state index contributed by atoms with van der Waals surface area (Å²) >= 11 is 0. The maximum atomic E-state index is 12.9. The van der Waals surface area contributed by atoms with E-state index in [0.29, 0.717) is 12.1 Å². The van der Waals surface area contributed by atoms with Gasteiger partial charge in [0.05, 0.1) is 10.8 Å². The van der Waals surface area contributed by atoms with Crippen molar-refractivity contribution in [2.24, 2.45) is 0 Å². The summed E-state index contributed by atoms with van der Waals surface area (Å²) in [6, 6.07) is 0.691. The third-order valence-corrected chi connectivity index (χ3v) is 2.80. The molecule has 1 aromatic carbocycles. The number of aliphatic carboxylic acids is 1. The number of carboxylic acid groups (broad SMARTS) is 1. The molecule has 0 heterocycles. The van der Waals surface area contributed by atoms with Crippen LogP contribution in [0.25, 0.3) is 0 Å². The molecule has 0 fully saturated rings. The molecular formula is C8H5F3O3S. The quantitative estimate of drug-likeness (QED) is 0.863. The van der Waals surface area contributed by atoms with Gasteiger partial charge in [0, 0.05) is 12.1 Å². The normalized spacial score (nSPS) is 12.5. The van der Waals surface area contributed by atoms with E-state index in [1.807, 2.05) is 0 Å². The van der Waals surface area contributed by atoms with E-state index in [1.165, 1.54) is 0 Å². The Bertz CT molecular complexity index is 410. The Morgan fingerprint density at radius 1 is 1.27 bits per heavy atom. The van der Waals surface area contributed by atoms with Crippen molar-refractivity contribution < 1.29 is 27.3 Å². The molecule has 0 bridgehead atoms. The van der Waals surface area contributed by atoms with Gasteiger partial charge in [0.15, 0.2) is 0 Å². The summed E-state index contributed by atoms with van der Waals surface area (Å²) in [7, 11) is -2.36. The molecule has 0 amide bonds. The van der Waals surface area contributed by atoms with E-state index >= 15 is 0 Å². The fourth-order valence-electron chi connectivity index (χ4n) is 0.931. The average Bonchev–Trinajstić information content (AvgIpc) is 1.99. The summed E-state index contributed by atoms with van der Waals surface area (Å²) in [5.41, 5.74) is 0. The van der Waals surface area contributed by atoms with E-state index in [2.05, 4.69) is 0 Å². The van der Waals surface area contributed by atoms with Gasteiger partial charge in [0.25, 0.3) is 0 Å². The van der Waals surface area contributed by atoms with E-state index in [4.69, 9.17) is 5.11 Å². The minimum Gasteiger partial charge on any atom is -0.481 e. The molecule has 82 valence electrons. The highest BCUT2D eigenvalue weighted by atomic mass is 32.2. The van der Waals surface area contributed by atoms with Crippen LogP contribution in [-0.4, -0.2) is 21.0 Å². The molecular weight excluding hydrogens is 233 g/mol. The van der Waals surface area contributed by atoms with Gasteiger partial charge >= 0.3 is 5.97 Å². The molecule has 3 nitrogen and oxygen atoms in total. The number of carboxylic acids is 1. The van der Waals surface area contributed by atoms with Crippen LogP contribution in [0.5, 0.6) is 0 Å². The lowest BCUT2D eigenvalue weighted by Gasteiger charge is -2.02. The topological polar surface area (TPSA) is 54.4 Å². The molecule has 0 aromatic heterocycles. The van der Waals surface area contributed by atoms with Gasteiger partial charge in [0.1, 0.15) is 28.1 Å². The Kier molecular flexibility index (Phi) is 3.46. The van der Waals surface area contributed by atoms with Crippen molar-refractivity contribution in [1.29, 1.82) is 0 Å². The molecule has 0 aliphatic rings. The smallest absolute Gasteiger partial charge is 0.316 e. The van der Waals surface area contributed by atoms with Gasteiger partial charge in [-0.05, 0) is 0 Å². The third kappa shape index (κ3) is 2.79. The lowest BCUT2D eigenvalue weighted by Crippen LogP contribution is -2.12. The highest BCUT2D eigenvalue weighted by Gasteiger charge is 2.19. The Morgan fingerprint density at radius 3 is 2.13 bits per heavy atom. The summed E-state index contributed by atoms with van der Waals surface area (Å²) in [6.45, 7) is 0. The van der Waals surface area contributed by atoms with E-state index in [1.54, 1.807) is 0 Å².